The zero-order valence-corrected chi connectivity index (χ0v) is 22.8. The van der Waals surface area contributed by atoms with Gasteiger partial charge in [0.2, 0.25) is 0 Å². The summed E-state index contributed by atoms with van der Waals surface area (Å²) in [4.78, 5) is 24.9. The normalized spacial score (nSPS) is 12.3. The number of rotatable bonds is 14. The Morgan fingerprint density at radius 3 is 2.53 bits per heavy atom. The van der Waals surface area contributed by atoms with Crippen molar-refractivity contribution in [2.75, 3.05) is 12.0 Å². The average Bonchev–Trinajstić information content (AvgIpc) is 3.31. The van der Waals surface area contributed by atoms with Gasteiger partial charge in [0, 0.05) is 11.8 Å². The zero-order chi connectivity index (χ0) is 27.7. The quantitative estimate of drug-likeness (QED) is 0.297. The lowest BCUT2D eigenvalue weighted by molar-refractivity contribution is -0.139. The molecular weight excluding hydrogens is 506 g/mol. The second kappa shape index (κ2) is 13.4. The van der Waals surface area contributed by atoms with Gasteiger partial charge >= 0.3 is 5.97 Å². The summed E-state index contributed by atoms with van der Waals surface area (Å²) in [6, 6.07) is 13.5. The maximum atomic E-state index is 13.2. The zero-order valence-electron chi connectivity index (χ0n) is 22.0. The molecule has 0 fully saturated rings. The number of furan rings is 1. The van der Waals surface area contributed by atoms with Crippen LogP contribution >= 0.6 is 0 Å². The van der Waals surface area contributed by atoms with E-state index in [-0.39, 0.29) is 12.2 Å². The van der Waals surface area contributed by atoms with Crippen LogP contribution in [0.3, 0.4) is 0 Å². The number of unbranched alkanes of at least 4 members (excludes halogenated alkanes) is 1. The second-order valence-electron chi connectivity index (χ2n) is 9.44. The lowest BCUT2D eigenvalue weighted by Crippen LogP contribution is -2.42. The standard InChI is InChI=1S/C29H35NO7S/c1-4-5-9-22-13-15-37-27(22)19-36-18-21-11-12-24(25(17-21)23-10-7-6-8-20(23)2)28(31)30-26(29(32)33)14-16-38(3,34)35/h6-8,10-13,15,17,26H,4-5,9,14,16,18-19H2,1-3H3,(H,30,31)(H,32,33). The van der Waals surface area contributed by atoms with Crippen LogP contribution < -0.4 is 5.32 Å². The van der Waals surface area contributed by atoms with E-state index in [9.17, 15) is 23.1 Å². The molecule has 0 saturated heterocycles. The number of carboxylic acid groups (broad SMARTS) is 1. The van der Waals surface area contributed by atoms with Crippen LogP contribution in [0.5, 0.6) is 0 Å². The van der Waals surface area contributed by atoms with Crippen LogP contribution in [0.2, 0.25) is 0 Å². The molecule has 0 aliphatic heterocycles. The van der Waals surface area contributed by atoms with E-state index < -0.39 is 27.8 Å². The smallest absolute Gasteiger partial charge is 0.326 e. The van der Waals surface area contributed by atoms with Gasteiger partial charge < -0.3 is 19.6 Å². The number of sulfone groups is 1. The first-order valence-corrected chi connectivity index (χ1v) is 14.7. The average molecular weight is 542 g/mol. The molecule has 38 heavy (non-hydrogen) atoms. The molecule has 0 spiro atoms. The molecular formula is C29H35NO7S. The Morgan fingerprint density at radius 2 is 1.84 bits per heavy atom. The maximum absolute atomic E-state index is 13.2. The SMILES string of the molecule is CCCCc1ccoc1COCc1ccc(C(=O)NC(CCS(C)(=O)=O)C(=O)O)c(-c2ccccc2C)c1. The summed E-state index contributed by atoms with van der Waals surface area (Å²) in [5, 5.41) is 12.0. The van der Waals surface area contributed by atoms with Gasteiger partial charge in [-0.3, -0.25) is 4.79 Å². The molecule has 0 aliphatic carbocycles. The number of hydrogen-bond donors (Lipinski definition) is 2. The first-order chi connectivity index (χ1) is 18.1. The van der Waals surface area contributed by atoms with E-state index in [2.05, 4.69) is 12.2 Å². The van der Waals surface area contributed by atoms with Gasteiger partial charge in [0.15, 0.2) is 0 Å². The molecule has 2 aromatic carbocycles. The van der Waals surface area contributed by atoms with Crippen LogP contribution in [0, 0.1) is 6.92 Å². The lowest BCUT2D eigenvalue weighted by atomic mass is 9.93. The largest absolute Gasteiger partial charge is 0.480 e. The molecule has 204 valence electrons. The number of ether oxygens (including phenoxy) is 1. The van der Waals surface area contributed by atoms with Crippen molar-refractivity contribution >= 4 is 21.7 Å². The maximum Gasteiger partial charge on any atom is 0.326 e. The Kier molecular flexibility index (Phi) is 10.3. The van der Waals surface area contributed by atoms with Crippen LogP contribution in [0.25, 0.3) is 11.1 Å². The minimum absolute atomic E-state index is 0.224. The van der Waals surface area contributed by atoms with Crippen molar-refractivity contribution in [2.24, 2.45) is 0 Å². The van der Waals surface area contributed by atoms with Gasteiger partial charge in [-0.2, -0.15) is 0 Å². The number of nitrogens with one attached hydrogen (secondary N) is 1. The molecule has 1 heterocycles. The summed E-state index contributed by atoms with van der Waals surface area (Å²) >= 11 is 0. The summed E-state index contributed by atoms with van der Waals surface area (Å²) in [7, 11) is -3.38. The van der Waals surface area contributed by atoms with E-state index in [1.165, 1.54) is 0 Å². The number of aryl methyl sites for hydroxylation is 2. The molecule has 1 unspecified atom stereocenters. The highest BCUT2D eigenvalue weighted by atomic mass is 32.2. The fraction of sp³-hybridized carbons (Fsp3) is 0.379. The molecule has 1 atom stereocenters. The Hall–Kier alpha value is -3.43. The van der Waals surface area contributed by atoms with E-state index in [1.54, 1.807) is 18.4 Å². The van der Waals surface area contributed by atoms with Crippen LogP contribution in [0.15, 0.2) is 59.2 Å². The first-order valence-electron chi connectivity index (χ1n) is 12.6. The topological polar surface area (TPSA) is 123 Å². The van der Waals surface area contributed by atoms with Gasteiger partial charge in [-0.25, -0.2) is 13.2 Å². The molecule has 0 radical (unpaired) electrons. The Labute approximate surface area is 223 Å². The fourth-order valence-corrected chi connectivity index (χ4v) is 4.81. The molecule has 8 nitrogen and oxygen atoms in total. The lowest BCUT2D eigenvalue weighted by Gasteiger charge is -2.18. The molecule has 9 heteroatoms. The van der Waals surface area contributed by atoms with Crippen LogP contribution in [-0.2, 0) is 39.0 Å². The number of aliphatic carboxylic acids is 1. The van der Waals surface area contributed by atoms with Gasteiger partial charge in [-0.05, 0) is 72.2 Å². The monoisotopic (exact) mass is 541 g/mol. The molecule has 1 aromatic heterocycles. The van der Waals surface area contributed by atoms with E-state index in [4.69, 9.17) is 9.15 Å². The van der Waals surface area contributed by atoms with Gasteiger partial charge in [-0.15, -0.1) is 0 Å². The van der Waals surface area contributed by atoms with E-state index in [1.807, 2.05) is 43.3 Å². The van der Waals surface area contributed by atoms with Gasteiger partial charge in [0.05, 0.1) is 18.6 Å². The van der Waals surface area contributed by atoms with E-state index in [0.717, 1.165) is 53.5 Å². The molecule has 3 rings (SSSR count). The van der Waals surface area contributed by atoms with Gasteiger partial charge in [0.25, 0.3) is 5.91 Å². The minimum atomic E-state index is -3.38. The highest BCUT2D eigenvalue weighted by Crippen LogP contribution is 2.29. The van der Waals surface area contributed by atoms with Crippen molar-refractivity contribution in [3.8, 4) is 11.1 Å². The van der Waals surface area contributed by atoms with E-state index >= 15 is 0 Å². The summed E-state index contributed by atoms with van der Waals surface area (Å²) in [5.41, 5.74) is 4.69. The highest BCUT2D eigenvalue weighted by Gasteiger charge is 2.24. The number of carbonyl (C=O) groups excluding carboxylic acids is 1. The summed E-state index contributed by atoms with van der Waals surface area (Å²) in [5.74, 6) is -1.42. The third kappa shape index (κ3) is 8.29. The highest BCUT2D eigenvalue weighted by molar-refractivity contribution is 7.90. The fourth-order valence-electron chi connectivity index (χ4n) is 4.15. The summed E-state index contributed by atoms with van der Waals surface area (Å²) < 4.78 is 34.6. The Morgan fingerprint density at radius 1 is 1.08 bits per heavy atom. The first kappa shape index (κ1) is 29.1. The van der Waals surface area contributed by atoms with Crippen molar-refractivity contribution in [3.63, 3.8) is 0 Å². The molecule has 1 amide bonds. The van der Waals surface area contributed by atoms with Crippen molar-refractivity contribution in [1.29, 1.82) is 0 Å². The second-order valence-corrected chi connectivity index (χ2v) is 11.7. The number of amides is 1. The Bertz CT molecular complexity index is 1360. The molecule has 0 aliphatic rings. The van der Waals surface area contributed by atoms with E-state index in [0.29, 0.717) is 24.3 Å². The predicted molar refractivity (Wildman–Crippen MR) is 146 cm³/mol. The molecule has 0 saturated carbocycles. The van der Waals surface area contributed by atoms with Crippen LogP contribution in [0.1, 0.15) is 59.0 Å². The molecule has 2 N–H and O–H groups in total. The van der Waals surface area contributed by atoms with Crippen LogP contribution in [-0.4, -0.2) is 43.5 Å². The molecule has 3 aromatic rings. The van der Waals surface area contributed by atoms with Gasteiger partial charge in [0.1, 0.15) is 28.2 Å². The van der Waals surface area contributed by atoms with Crippen molar-refractivity contribution in [2.45, 2.75) is 58.8 Å². The Balaban J connectivity index is 1.82. The van der Waals surface area contributed by atoms with Crippen molar-refractivity contribution < 1.29 is 32.3 Å². The summed E-state index contributed by atoms with van der Waals surface area (Å²) in [6.07, 6.45) is 5.59. The number of benzene rings is 2. The number of carbonyl (C=O) groups is 2. The van der Waals surface area contributed by atoms with Crippen molar-refractivity contribution in [3.05, 3.63) is 82.8 Å². The minimum Gasteiger partial charge on any atom is -0.480 e. The molecule has 0 bridgehead atoms. The van der Waals surface area contributed by atoms with Crippen LogP contribution in [0.4, 0.5) is 0 Å². The number of carboxylic acids is 1. The third-order valence-electron chi connectivity index (χ3n) is 6.28. The summed E-state index contributed by atoms with van der Waals surface area (Å²) in [6.45, 7) is 4.69. The van der Waals surface area contributed by atoms with Crippen molar-refractivity contribution in [1.82, 2.24) is 5.32 Å². The predicted octanol–water partition coefficient (Wildman–Crippen LogP) is 4.93. The third-order valence-corrected chi connectivity index (χ3v) is 7.26. The van der Waals surface area contributed by atoms with Gasteiger partial charge in [-0.1, -0.05) is 43.7 Å². The number of hydrogen-bond acceptors (Lipinski definition) is 6.